The van der Waals surface area contributed by atoms with Crippen molar-refractivity contribution in [2.75, 3.05) is 11.9 Å². The first-order valence-electron chi connectivity index (χ1n) is 6.37. The summed E-state index contributed by atoms with van der Waals surface area (Å²) in [6, 6.07) is 0. The predicted molar refractivity (Wildman–Crippen MR) is 72.4 cm³/mol. The van der Waals surface area contributed by atoms with E-state index in [0.717, 1.165) is 6.42 Å². The van der Waals surface area contributed by atoms with Crippen LogP contribution in [-0.4, -0.2) is 27.5 Å². The summed E-state index contributed by atoms with van der Waals surface area (Å²) in [4.78, 5) is 18.4. The molecule has 0 aliphatic carbocycles. The van der Waals surface area contributed by atoms with Gasteiger partial charge in [0.2, 0.25) is 5.95 Å². The summed E-state index contributed by atoms with van der Waals surface area (Å²) in [5.41, 5.74) is -0.213. The molecule has 1 heterocycles. The fourth-order valence-corrected chi connectivity index (χ4v) is 1.21. The van der Waals surface area contributed by atoms with Crippen molar-refractivity contribution in [1.29, 1.82) is 0 Å². The molecular formula is C12H20N4O3. The second-order valence-electron chi connectivity index (χ2n) is 4.63. The zero-order valence-corrected chi connectivity index (χ0v) is 11.7. The third-order valence-corrected chi connectivity index (χ3v) is 2.70. The fourth-order valence-electron chi connectivity index (χ4n) is 1.21. The number of hydrogen-bond acceptors (Lipinski definition) is 6. The first-order chi connectivity index (χ1) is 8.95. The van der Waals surface area contributed by atoms with E-state index in [-0.39, 0.29) is 23.6 Å². The Hall–Kier alpha value is -1.92. The Bertz CT molecular complexity index is 437. The van der Waals surface area contributed by atoms with Gasteiger partial charge in [-0.3, -0.25) is 10.1 Å². The number of hydrogen-bond donors (Lipinski definition) is 1. The number of anilines is 1. The SMILES string of the molecule is CCCNc1ncc([N+](=O)[O-])c(OC(C)C(C)C)n1. The Labute approximate surface area is 112 Å². The molecule has 1 rings (SSSR count). The molecule has 0 aliphatic heterocycles. The van der Waals surface area contributed by atoms with Crippen molar-refractivity contribution < 1.29 is 9.66 Å². The molecule has 1 N–H and O–H groups in total. The highest BCUT2D eigenvalue weighted by atomic mass is 16.6. The lowest BCUT2D eigenvalue weighted by Gasteiger charge is -2.17. The summed E-state index contributed by atoms with van der Waals surface area (Å²) >= 11 is 0. The summed E-state index contributed by atoms with van der Waals surface area (Å²) < 4.78 is 5.56. The van der Waals surface area contributed by atoms with E-state index >= 15 is 0 Å². The van der Waals surface area contributed by atoms with Gasteiger partial charge < -0.3 is 10.1 Å². The van der Waals surface area contributed by atoms with Gasteiger partial charge in [-0.05, 0) is 19.3 Å². The Balaban J connectivity index is 2.98. The van der Waals surface area contributed by atoms with Crippen molar-refractivity contribution in [2.24, 2.45) is 5.92 Å². The van der Waals surface area contributed by atoms with E-state index in [2.05, 4.69) is 15.3 Å². The second-order valence-corrected chi connectivity index (χ2v) is 4.63. The van der Waals surface area contributed by atoms with E-state index in [4.69, 9.17) is 4.74 Å². The molecule has 1 atom stereocenters. The van der Waals surface area contributed by atoms with Gasteiger partial charge in [0.05, 0.1) is 4.92 Å². The van der Waals surface area contributed by atoms with Gasteiger partial charge in [0.25, 0.3) is 5.88 Å². The van der Waals surface area contributed by atoms with Gasteiger partial charge in [-0.1, -0.05) is 20.8 Å². The van der Waals surface area contributed by atoms with E-state index < -0.39 is 4.92 Å². The molecule has 1 aromatic heterocycles. The summed E-state index contributed by atoms with van der Waals surface area (Å²) in [6.07, 6.45) is 1.93. The molecule has 0 bridgehead atoms. The molecule has 1 unspecified atom stereocenters. The first kappa shape index (κ1) is 15.1. The maximum Gasteiger partial charge on any atom is 0.349 e. The van der Waals surface area contributed by atoms with Gasteiger partial charge >= 0.3 is 5.69 Å². The number of ether oxygens (including phenoxy) is 1. The fraction of sp³-hybridized carbons (Fsp3) is 0.667. The minimum atomic E-state index is -0.536. The van der Waals surface area contributed by atoms with Crippen molar-refractivity contribution in [3.63, 3.8) is 0 Å². The van der Waals surface area contributed by atoms with E-state index in [1.54, 1.807) is 0 Å². The third-order valence-electron chi connectivity index (χ3n) is 2.70. The molecular weight excluding hydrogens is 248 g/mol. The van der Waals surface area contributed by atoms with Crippen LogP contribution in [0.15, 0.2) is 6.20 Å². The van der Waals surface area contributed by atoms with Gasteiger partial charge in [-0.25, -0.2) is 4.98 Å². The number of rotatable bonds is 7. The van der Waals surface area contributed by atoms with Crippen molar-refractivity contribution in [2.45, 2.75) is 40.2 Å². The zero-order valence-electron chi connectivity index (χ0n) is 11.7. The molecule has 0 amide bonds. The lowest BCUT2D eigenvalue weighted by molar-refractivity contribution is -0.386. The maximum absolute atomic E-state index is 10.9. The van der Waals surface area contributed by atoms with E-state index in [9.17, 15) is 10.1 Å². The standard InChI is InChI=1S/C12H20N4O3/c1-5-6-13-12-14-7-10(16(17)18)11(15-12)19-9(4)8(2)3/h7-9H,5-6H2,1-4H3,(H,13,14,15). The molecule has 0 fully saturated rings. The predicted octanol–water partition coefficient (Wildman–Crippen LogP) is 2.63. The largest absolute Gasteiger partial charge is 0.469 e. The Morgan fingerprint density at radius 1 is 1.47 bits per heavy atom. The summed E-state index contributed by atoms with van der Waals surface area (Å²) in [7, 11) is 0. The quantitative estimate of drug-likeness (QED) is 0.604. The Morgan fingerprint density at radius 2 is 2.16 bits per heavy atom. The van der Waals surface area contributed by atoms with Crippen LogP contribution in [0, 0.1) is 16.0 Å². The average Bonchev–Trinajstić information content (AvgIpc) is 2.36. The molecule has 0 saturated carbocycles. The molecule has 1 aromatic rings. The van der Waals surface area contributed by atoms with Crippen molar-refractivity contribution in [3.05, 3.63) is 16.3 Å². The summed E-state index contributed by atoms with van der Waals surface area (Å²) in [6.45, 7) is 8.53. The lowest BCUT2D eigenvalue weighted by Crippen LogP contribution is -2.20. The number of nitro groups is 1. The third kappa shape index (κ3) is 4.35. The highest BCUT2D eigenvalue weighted by Crippen LogP contribution is 2.26. The number of nitrogens with zero attached hydrogens (tertiary/aromatic N) is 3. The van der Waals surface area contributed by atoms with Crippen molar-refractivity contribution >= 4 is 11.6 Å². The Morgan fingerprint density at radius 3 is 2.68 bits per heavy atom. The minimum absolute atomic E-state index is 0.0137. The lowest BCUT2D eigenvalue weighted by atomic mass is 10.1. The van der Waals surface area contributed by atoms with Crippen LogP contribution in [0.2, 0.25) is 0 Å². The summed E-state index contributed by atoms with van der Waals surface area (Å²) in [5.74, 6) is 0.597. The minimum Gasteiger partial charge on any atom is -0.469 e. The molecule has 0 radical (unpaired) electrons. The van der Waals surface area contributed by atoms with Crippen LogP contribution < -0.4 is 10.1 Å². The van der Waals surface area contributed by atoms with Gasteiger partial charge in [0.15, 0.2) is 0 Å². The summed E-state index contributed by atoms with van der Waals surface area (Å²) in [5, 5.41) is 13.9. The van der Waals surface area contributed by atoms with E-state index in [1.165, 1.54) is 6.20 Å². The van der Waals surface area contributed by atoms with Gasteiger partial charge in [0, 0.05) is 6.54 Å². The number of nitrogens with one attached hydrogen (secondary N) is 1. The highest BCUT2D eigenvalue weighted by molar-refractivity contribution is 5.43. The van der Waals surface area contributed by atoms with Gasteiger partial charge in [-0.2, -0.15) is 4.98 Å². The van der Waals surface area contributed by atoms with Crippen LogP contribution in [0.5, 0.6) is 5.88 Å². The van der Waals surface area contributed by atoms with Gasteiger partial charge in [-0.15, -0.1) is 0 Å². The van der Waals surface area contributed by atoms with Crippen LogP contribution >= 0.6 is 0 Å². The average molecular weight is 268 g/mol. The van der Waals surface area contributed by atoms with Crippen molar-refractivity contribution in [1.82, 2.24) is 9.97 Å². The second kappa shape index (κ2) is 6.86. The molecule has 7 heteroatoms. The van der Waals surface area contributed by atoms with Crippen LogP contribution in [0.25, 0.3) is 0 Å². The van der Waals surface area contributed by atoms with Crippen LogP contribution in [0.1, 0.15) is 34.1 Å². The van der Waals surface area contributed by atoms with Crippen LogP contribution in [0.4, 0.5) is 11.6 Å². The molecule has 0 spiro atoms. The Kier molecular flexibility index (Phi) is 5.47. The monoisotopic (exact) mass is 268 g/mol. The number of aromatic nitrogens is 2. The van der Waals surface area contributed by atoms with E-state index in [0.29, 0.717) is 12.5 Å². The van der Waals surface area contributed by atoms with Crippen LogP contribution in [-0.2, 0) is 0 Å². The topological polar surface area (TPSA) is 90.2 Å². The molecule has 0 aromatic carbocycles. The molecule has 7 nitrogen and oxygen atoms in total. The first-order valence-corrected chi connectivity index (χ1v) is 6.37. The highest BCUT2D eigenvalue weighted by Gasteiger charge is 2.22. The molecule has 106 valence electrons. The van der Waals surface area contributed by atoms with Crippen LogP contribution in [0.3, 0.4) is 0 Å². The molecule has 0 saturated heterocycles. The van der Waals surface area contributed by atoms with Gasteiger partial charge in [0.1, 0.15) is 12.3 Å². The van der Waals surface area contributed by atoms with E-state index in [1.807, 2.05) is 27.7 Å². The molecule has 0 aliphatic rings. The molecule has 19 heavy (non-hydrogen) atoms. The van der Waals surface area contributed by atoms with Crippen molar-refractivity contribution in [3.8, 4) is 5.88 Å². The zero-order chi connectivity index (χ0) is 14.4. The maximum atomic E-state index is 10.9. The smallest absolute Gasteiger partial charge is 0.349 e. The normalized spacial score (nSPS) is 12.3.